The van der Waals surface area contributed by atoms with Crippen molar-refractivity contribution in [1.82, 2.24) is 0 Å². The SMILES string of the molecule is C[C@@H]1C([C@H](/C=C/I)O[Si](C)(C)C(C)(C)C)OC2CC[C@H](CC=O)OC2[C@@H]1C. The van der Waals surface area contributed by atoms with Gasteiger partial charge in [0.15, 0.2) is 8.32 Å². The molecule has 0 bridgehead atoms. The maximum Gasteiger partial charge on any atom is 0.193 e. The summed E-state index contributed by atoms with van der Waals surface area (Å²) in [5.41, 5.74) is 0. The molecule has 0 spiro atoms. The molecule has 0 saturated carbocycles. The minimum Gasteiger partial charge on any atom is -0.408 e. The van der Waals surface area contributed by atoms with Crippen molar-refractivity contribution in [2.75, 3.05) is 0 Å². The van der Waals surface area contributed by atoms with Gasteiger partial charge in [-0.2, -0.15) is 0 Å². The lowest BCUT2D eigenvalue weighted by Crippen LogP contribution is -2.58. The Balaban J connectivity index is 2.18. The second-order valence-corrected chi connectivity index (χ2v) is 15.2. The molecule has 6 heteroatoms. The average molecular weight is 509 g/mol. The van der Waals surface area contributed by atoms with Gasteiger partial charge in [-0.05, 0) is 53.0 Å². The first-order valence-electron chi connectivity index (χ1n) is 10.2. The molecule has 2 rings (SSSR count). The van der Waals surface area contributed by atoms with Crippen LogP contribution in [0.25, 0.3) is 0 Å². The van der Waals surface area contributed by atoms with Gasteiger partial charge in [0.25, 0.3) is 0 Å². The monoisotopic (exact) mass is 508 g/mol. The van der Waals surface area contributed by atoms with Crippen LogP contribution in [-0.4, -0.2) is 45.1 Å². The number of aldehydes is 1. The number of rotatable bonds is 6. The lowest BCUT2D eigenvalue weighted by Gasteiger charge is -2.51. The summed E-state index contributed by atoms with van der Waals surface area (Å²) in [5.74, 6) is 0.694. The highest BCUT2D eigenvalue weighted by Crippen LogP contribution is 2.43. The van der Waals surface area contributed by atoms with Crippen molar-refractivity contribution in [3.8, 4) is 0 Å². The molecule has 0 N–H and O–H groups in total. The molecule has 0 aromatic carbocycles. The maximum absolute atomic E-state index is 10.9. The highest BCUT2D eigenvalue weighted by Gasteiger charge is 2.49. The van der Waals surface area contributed by atoms with Crippen LogP contribution in [0.15, 0.2) is 10.2 Å². The van der Waals surface area contributed by atoms with Crippen molar-refractivity contribution in [1.29, 1.82) is 0 Å². The van der Waals surface area contributed by atoms with Crippen LogP contribution >= 0.6 is 22.6 Å². The van der Waals surface area contributed by atoms with Crippen LogP contribution in [0.1, 0.15) is 53.9 Å². The van der Waals surface area contributed by atoms with Gasteiger partial charge in [0.1, 0.15) is 6.29 Å². The Hall–Kier alpha value is 0.237. The summed E-state index contributed by atoms with van der Waals surface area (Å²) in [4.78, 5) is 10.9. The highest BCUT2D eigenvalue weighted by molar-refractivity contribution is 14.1. The van der Waals surface area contributed by atoms with Crippen molar-refractivity contribution < 1.29 is 18.7 Å². The second-order valence-electron chi connectivity index (χ2n) is 9.72. The number of hydrogen-bond donors (Lipinski definition) is 0. The summed E-state index contributed by atoms with van der Waals surface area (Å²) >= 11 is 2.27. The Morgan fingerprint density at radius 2 is 1.85 bits per heavy atom. The van der Waals surface area contributed by atoms with Gasteiger partial charge < -0.3 is 18.7 Å². The van der Waals surface area contributed by atoms with E-state index < -0.39 is 8.32 Å². The Bertz CT molecular complexity index is 529. The van der Waals surface area contributed by atoms with Crippen molar-refractivity contribution in [3.05, 3.63) is 10.2 Å². The average Bonchev–Trinajstić information content (AvgIpc) is 2.57. The third-order valence-electron chi connectivity index (χ3n) is 6.87. The van der Waals surface area contributed by atoms with E-state index in [9.17, 15) is 4.79 Å². The predicted molar refractivity (Wildman–Crippen MR) is 121 cm³/mol. The van der Waals surface area contributed by atoms with Crippen LogP contribution in [0, 0.1) is 11.8 Å². The molecule has 3 unspecified atom stereocenters. The van der Waals surface area contributed by atoms with Crippen LogP contribution in [-0.2, 0) is 18.7 Å². The maximum atomic E-state index is 10.9. The molecule has 2 fully saturated rings. The summed E-state index contributed by atoms with van der Waals surface area (Å²) in [6, 6.07) is 0. The molecule has 0 aromatic heterocycles. The Morgan fingerprint density at radius 3 is 2.41 bits per heavy atom. The summed E-state index contributed by atoms with van der Waals surface area (Å²) in [5, 5.41) is 0.159. The second kappa shape index (κ2) is 9.37. The Morgan fingerprint density at radius 1 is 1.19 bits per heavy atom. The summed E-state index contributed by atoms with van der Waals surface area (Å²) in [7, 11) is -1.91. The van der Waals surface area contributed by atoms with Crippen molar-refractivity contribution in [3.63, 3.8) is 0 Å². The third-order valence-corrected chi connectivity index (χ3v) is 11.8. The number of carbonyl (C=O) groups excluding carboxylic acids is 1. The molecule has 156 valence electrons. The van der Waals surface area contributed by atoms with Crippen LogP contribution in [0.5, 0.6) is 0 Å². The van der Waals surface area contributed by atoms with E-state index in [1.165, 1.54) is 0 Å². The number of ether oxygens (including phenoxy) is 2. The van der Waals surface area contributed by atoms with Gasteiger partial charge in [-0.3, -0.25) is 0 Å². The molecule has 0 radical (unpaired) electrons. The normalized spacial score (nSPS) is 36.4. The molecular formula is C21H37IO4Si. The minimum absolute atomic E-state index is 0.0334. The van der Waals surface area contributed by atoms with E-state index in [-0.39, 0.29) is 35.6 Å². The molecule has 2 heterocycles. The zero-order valence-electron chi connectivity index (χ0n) is 17.9. The van der Waals surface area contributed by atoms with Gasteiger partial charge in [0.05, 0.1) is 30.5 Å². The first-order valence-corrected chi connectivity index (χ1v) is 14.4. The first kappa shape index (κ1) is 23.5. The van der Waals surface area contributed by atoms with Crippen molar-refractivity contribution in [2.45, 2.75) is 103 Å². The third kappa shape index (κ3) is 5.44. The molecular weight excluding hydrogens is 471 g/mol. The van der Waals surface area contributed by atoms with E-state index >= 15 is 0 Å². The van der Waals surface area contributed by atoms with Crippen LogP contribution in [0.2, 0.25) is 18.1 Å². The van der Waals surface area contributed by atoms with Crippen molar-refractivity contribution >= 4 is 37.2 Å². The molecule has 2 aliphatic heterocycles. The molecule has 27 heavy (non-hydrogen) atoms. The zero-order valence-corrected chi connectivity index (χ0v) is 21.1. The van der Waals surface area contributed by atoms with E-state index in [1.807, 2.05) is 0 Å². The van der Waals surface area contributed by atoms with Gasteiger partial charge in [-0.15, -0.1) is 0 Å². The molecule has 7 atom stereocenters. The smallest absolute Gasteiger partial charge is 0.193 e. The van der Waals surface area contributed by atoms with Gasteiger partial charge in [-0.1, -0.05) is 57.2 Å². The number of hydrogen-bond acceptors (Lipinski definition) is 4. The van der Waals surface area contributed by atoms with E-state index in [0.29, 0.717) is 18.3 Å². The fraction of sp³-hybridized carbons (Fsp3) is 0.857. The minimum atomic E-state index is -1.91. The number of fused-ring (bicyclic) bond motifs is 1. The fourth-order valence-corrected chi connectivity index (χ4v) is 5.54. The molecule has 0 aliphatic carbocycles. The fourth-order valence-electron chi connectivity index (χ4n) is 3.89. The molecule has 0 aromatic rings. The predicted octanol–water partition coefficient (Wildman–Crippen LogP) is 5.50. The molecule has 2 aliphatic rings. The topological polar surface area (TPSA) is 44.8 Å². The van der Waals surface area contributed by atoms with Crippen molar-refractivity contribution in [2.24, 2.45) is 11.8 Å². The highest BCUT2D eigenvalue weighted by atomic mass is 127. The quantitative estimate of drug-likeness (QED) is 0.270. The lowest BCUT2D eigenvalue weighted by atomic mass is 9.77. The first-order chi connectivity index (χ1) is 12.5. The lowest BCUT2D eigenvalue weighted by molar-refractivity contribution is -0.237. The van der Waals surface area contributed by atoms with Gasteiger partial charge >= 0.3 is 0 Å². The van der Waals surface area contributed by atoms with E-state index in [1.54, 1.807) is 0 Å². The summed E-state index contributed by atoms with van der Waals surface area (Å²) in [6.45, 7) is 15.9. The molecule has 2 saturated heterocycles. The molecule has 0 amide bonds. The van der Waals surface area contributed by atoms with Crippen LogP contribution in [0.3, 0.4) is 0 Å². The van der Waals surface area contributed by atoms with Gasteiger partial charge in [0, 0.05) is 6.42 Å². The van der Waals surface area contributed by atoms with Crippen LogP contribution < -0.4 is 0 Å². The van der Waals surface area contributed by atoms with E-state index in [4.69, 9.17) is 13.9 Å². The van der Waals surface area contributed by atoms with E-state index in [0.717, 1.165) is 19.1 Å². The largest absolute Gasteiger partial charge is 0.408 e. The van der Waals surface area contributed by atoms with Gasteiger partial charge in [-0.25, -0.2) is 0 Å². The number of carbonyl (C=O) groups is 1. The van der Waals surface area contributed by atoms with Crippen LogP contribution in [0.4, 0.5) is 0 Å². The zero-order chi connectivity index (χ0) is 20.4. The Labute approximate surface area is 180 Å². The molecule has 4 nitrogen and oxygen atoms in total. The summed E-state index contributed by atoms with van der Waals surface area (Å²) in [6.07, 6.45) is 5.69. The summed E-state index contributed by atoms with van der Waals surface area (Å²) < 4.78 is 21.7. The van der Waals surface area contributed by atoms with Gasteiger partial charge in [0.2, 0.25) is 0 Å². The standard InChI is InChI=1S/C21H37IO4Si/c1-14-15(2)20(18(10-12-22)26-27(6,7)21(3,4)5)25-17-9-8-16(11-13-23)24-19(14)17/h10,12-20H,8-9,11H2,1-7H3/b12-10+/t14-,15+,16-,17?,18+,19?,20?/m1/s1. The van der Waals surface area contributed by atoms with E-state index in [2.05, 4.69) is 80.5 Å². The number of halogens is 1. The Kier molecular flexibility index (Phi) is 8.16.